The van der Waals surface area contributed by atoms with Crippen molar-refractivity contribution >= 4 is 27.7 Å². The Morgan fingerprint density at radius 1 is 1.17 bits per heavy atom. The molecule has 0 aliphatic carbocycles. The SMILES string of the molecule is CCOCCCCNCCSc1ccc(Br)cc1. The molecule has 0 saturated heterocycles. The Morgan fingerprint density at radius 3 is 2.67 bits per heavy atom. The molecule has 0 amide bonds. The number of hydrogen-bond donors (Lipinski definition) is 1. The van der Waals surface area contributed by atoms with Gasteiger partial charge >= 0.3 is 0 Å². The van der Waals surface area contributed by atoms with Crippen molar-refractivity contribution in [1.29, 1.82) is 0 Å². The molecular formula is C14H22BrNOS. The third kappa shape index (κ3) is 8.14. The second-order valence-electron chi connectivity index (χ2n) is 3.96. The van der Waals surface area contributed by atoms with Gasteiger partial charge in [-0.1, -0.05) is 15.9 Å². The summed E-state index contributed by atoms with van der Waals surface area (Å²) in [7, 11) is 0. The number of thioether (sulfide) groups is 1. The standard InChI is InChI=1S/C14H22BrNOS/c1-2-17-11-4-3-9-16-10-12-18-14-7-5-13(15)6-8-14/h5-8,16H,2-4,9-12H2,1H3. The van der Waals surface area contributed by atoms with Crippen molar-refractivity contribution in [1.82, 2.24) is 5.32 Å². The summed E-state index contributed by atoms with van der Waals surface area (Å²) in [5, 5.41) is 3.46. The number of benzene rings is 1. The molecule has 1 aromatic carbocycles. The zero-order valence-corrected chi connectivity index (χ0v) is 13.4. The van der Waals surface area contributed by atoms with Gasteiger partial charge in [-0.05, 0) is 50.6 Å². The van der Waals surface area contributed by atoms with Gasteiger partial charge in [0, 0.05) is 34.9 Å². The maximum absolute atomic E-state index is 5.29. The highest BCUT2D eigenvalue weighted by atomic mass is 79.9. The Labute approximate surface area is 123 Å². The fourth-order valence-electron chi connectivity index (χ4n) is 1.50. The number of halogens is 1. The first-order valence-corrected chi connectivity index (χ1v) is 8.27. The lowest BCUT2D eigenvalue weighted by Gasteiger charge is -2.05. The van der Waals surface area contributed by atoms with Crippen LogP contribution in [0.1, 0.15) is 19.8 Å². The number of hydrogen-bond acceptors (Lipinski definition) is 3. The summed E-state index contributed by atoms with van der Waals surface area (Å²) in [5.74, 6) is 1.12. The summed E-state index contributed by atoms with van der Waals surface area (Å²) >= 11 is 5.33. The van der Waals surface area contributed by atoms with Crippen LogP contribution in [0.5, 0.6) is 0 Å². The molecule has 0 unspecified atom stereocenters. The van der Waals surface area contributed by atoms with E-state index in [1.807, 2.05) is 18.7 Å². The van der Waals surface area contributed by atoms with Crippen LogP contribution in [0.25, 0.3) is 0 Å². The highest BCUT2D eigenvalue weighted by Crippen LogP contribution is 2.19. The van der Waals surface area contributed by atoms with Crippen molar-refractivity contribution in [2.45, 2.75) is 24.7 Å². The van der Waals surface area contributed by atoms with Crippen LogP contribution in [0, 0.1) is 0 Å². The quantitative estimate of drug-likeness (QED) is 0.518. The lowest BCUT2D eigenvalue weighted by Crippen LogP contribution is -2.18. The van der Waals surface area contributed by atoms with Gasteiger partial charge in [-0.2, -0.15) is 0 Å². The highest BCUT2D eigenvalue weighted by molar-refractivity contribution is 9.10. The fourth-order valence-corrected chi connectivity index (χ4v) is 2.57. The molecule has 1 aromatic rings. The molecule has 0 atom stereocenters. The summed E-state index contributed by atoms with van der Waals surface area (Å²) in [6.45, 7) is 5.92. The summed E-state index contributed by atoms with van der Waals surface area (Å²) in [5.41, 5.74) is 0. The monoisotopic (exact) mass is 331 g/mol. The van der Waals surface area contributed by atoms with Gasteiger partial charge in [0.25, 0.3) is 0 Å². The van der Waals surface area contributed by atoms with Gasteiger partial charge in [0.1, 0.15) is 0 Å². The van der Waals surface area contributed by atoms with E-state index < -0.39 is 0 Å². The minimum absolute atomic E-state index is 0.831. The molecule has 2 nitrogen and oxygen atoms in total. The molecule has 4 heteroatoms. The second-order valence-corrected chi connectivity index (χ2v) is 6.04. The molecule has 0 aliphatic heterocycles. The third-order valence-corrected chi connectivity index (χ3v) is 4.00. The first-order chi connectivity index (χ1) is 8.83. The van der Waals surface area contributed by atoms with Crippen molar-refractivity contribution in [2.75, 3.05) is 32.1 Å². The highest BCUT2D eigenvalue weighted by Gasteiger charge is 1.94. The van der Waals surface area contributed by atoms with Gasteiger partial charge < -0.3 is 10.1 Å². The molecule has 1 rings (SSSR count). The van der Waals surface area contributed by atoms with Crippen molar-refractivity contribution in [3.05, 3.63) is 28.7 Å². The molecule has 0 radical (unpaired) electrons. The van der Waals surface area contributed by atoms with E-state index in [2.05, 4.69) is 45.5 Å². The molecule has 18 heavy (non-hydrogen) atoms. The van der Waals surface area contributed by atoms with E-state index in [1.54, 1.807) is 0 Å². The summed E-state index contributed by atoms with van der Waals surface area (Å²) in [6.07, 6.45) is 2.35. The van der Waals surface area contributed by atoms with E-state index in [1.165, 1.54) is 11.3 Å². The minimum atomic E-state index is 0.831. The number of rotatable bonds is 10. The van der Waals surface area contributed by atoms with Crippen LogP contribution < -0.4 is 5.32 Å². The fraction of sp³-hybridized carbons (Fsp3) is 0.571. The minimum Gasteiger partial charge on any atom is -0.382 e. The Morgan fingerprint density at radius 2 is 1.94 bits per heavy atom. The maximum atomic E-state index is 5.29. The predicted octanol–water partition coefficient (Wildman–Crippen LogP) is 3.95. The first kappa shape index (κ1) is 16.0. The van der Waals surface area contributed by atoms with Gasteiger partial charge in [-0.15, -0.1) is 11.8 Å². The molecule has 0 spiro atoms. The normalized spacial score (nSPS) is 10.8. The van der Waals surface area contributed by atoms with Crippen LogP contribution in [0.2, 0.25) is 0 Å². The first-order valence-electron chi connectivity index (χ1n) is 6.49. The van der Waals surface area contributed by atoms with Crippen LogP contribution >= 0.6 is 27.7 Å². The summed E-state index contributed by atoms with van der Waals surface area (Å²) in [6, 6.07) is 8.47. The van der Waals surface area contributed by atoms with Crippen molar-refractivity contribution in [3.8, 4) is 0 Å². The topological polar surface area (TPSA) is 21.3 Å². The molecule has 1 N–H and O–H groups in total. The lowest BCUT2D eigenvalue weighted by atomic mass is 10.3. The molecule has 102 valence electrons. The predicted molar refractivity (Wildman–Crippen MR) is 83.5 cm³/mol. The van der Waals surface area contributed by atoms with Gasteiger partial charge in [-0.25, -0.2) is 0 Å². The van der Waals surface area contributed by atoms with Gasteiger partial charge in [0.05, 0.1) is 0 Å². The largest absolute Gasteiger partial charge is 0.382 e. The molecule has 0 fully saturated rings. The number of unbranched alkanes of at least 4 members (excludes halogenated alkanes) is 1. The van der Waals surface area contributed by atoms with Gasteiger partial charge in [0.15, 0.2) is 0 Å². The van der Waals surface area contributed by atoms with Crippen LogP contribution in [0.3, 0.4) is 0 Å². The van der Waals surface area contributed by atoms with E-state index >= 15 is 0 Å². The second kappa shape index (κ2) is 10.9. The molecule has 0 heterocycles. The average Bonchev–Trinajstić information content (AvgIpc) is 2.39. The lowest BCUT2D eigenvalue weighted by molar-refractivity contribution is 0.143. The van der Waals surface area contributed by atoms with Crippen LogP contribution in [0.15, 0.2) is 33.6 Å². The Balaban J connectivity index is 1.91. The van der Waals surface area contributed by atoms with E-state index in [-0.39, 0.29) is 0 Å². The van der Waals surface area contributed by atoms with Crippen molar-refractivity contribution in [2.24, 2.45) is 0 Å². The van der Waals surface area contributed by atoms with E-state index in [9.17, 15) is 0 Å². The van der Waals surface area contributed by atoms with Crippen molar-refractivity contribution in [3.63, 3.8) is 0 Å². The van der Waals surface area contributed by atoms with E-state index in [0.717, 1.165) is 42.9 Å². The summed E-state index contributed by atoms with van der Waals surface area (Å²) < 4.78 is 6.43. The van der Waals surface area contributed by atoms with Crippen molar-refractivity contribution < 1.29 is 4.74 Å². The zero-order valence-electron chi connectivity index (χ0n) is 11.0. The number of ether oxygens (including phenoxy) is 1. The van der Waals surface area contributed by atoms with E-state index in [4.69, 9.17) is 4.74 Å². The number of nitrogens with one attached hydrogen (secondary N) is 1. The molecular weight excluding hydrogens is 310 g/mol. The molecule has 0 bridgehead atoms. The van der Waals surface area contributed by atoms with E-state index in [0.29, 0.717) is 0 Å². The molecule has 0 aliphatic rings. The smallest absolute Gasteiger partial charge is 0.0466 e. The molecule has 0 aromatic heterocycles. The van der Waals surface area contributed by atoms with Crippen LogP contribution in [-0.4, -0.2) is 32.1 Å². The maximum Gasteiger partial charge on any atom is 0.0466 e. The third-order valence-electron chi connectivity index (χ3n) is 2.46. The molecule has 0 saturated carbocycles. The Bertz CT molecular complexity index is 305. The average molecular weight is 332 g/mol. The van der Waals surface area contributed by atoms with Crippen LogP contribution in [0.4, 0.5) is 0 Å². The zero-order chi connectivity index (χ0) is 13.1. The Kier molecular flexibility index (Phi) is 9.66. The van der Waals surface area contributed by atoms with Gasteiger partial charge in [0.2, 0.25) is 0 Å². The van der Waals surface area contributed by atoms with Crippen LogP contribution in [-0.2, 0) is 4.74 Å². The Hall–Kier alpha value is -0.0300. The van der Waals surface area contributed by atoms with Gasteiger partial charge in [-0.3, -0.25) is 0 Å². The summed E-state index contributed by atoms with van der Waals surface area (Å²) in [4.78, 5) is 1.33.